The highest BCUT2D eigenvalue weighted by atomic mass is 19.3. The fraction of sp³-hybridized carbons (Fsp3) is 0.217. The number of hydrogen-bond donors (Lipinski definition) is 1. The third-order valence-electron chi connectivity index (χ3n) is 5.16. The van der Waals surface area contributed by atoms with Crippen molar-refractivity contribution in [1.29, 1.82) is 0 Å². The number of carbonyl (C=O) groups excluding carboxylic acids is 1. The fourth-order valence-corrected chi connectivity index (χ4v) is 3.39. The van der Waals surface area contributed by atoms with Gasteiger partial charge in [-0.25, -0.2) is 17.6 Å². The van der Waals surface area contributed by atoms with Gasteiger partial charge in [0.1, 0.15) is 18.1 Å². The number of carbonyl (C=O) groups is 1. The number of rotatable bonds is 6. The van der Waals surface area contributed by atoms with Crippen molar-refractivity contribution < 1.29 is 32.2 Å². The number of fused-ring (bicyclic) bond motifs is 1. The van der Waals surface area contributed by atoms with Crippen molar-refractivity contribution in [3.8, 4) is 5.75 Å². The first-order chi connectivity index (χ1) is 15.3. The Kier molecular flexibility index (Phi) is 5.84. The smallest absolute Gasteiger partial charge is 0.287 e. The van der Waals surface area contributed by atoms with E-state index in [-0.39, 0.29) is 17.2 Å². The summed E-state index contributed by atoms with van der Waals surface area (Å²) in [5.41, 5.74) is -3.47. The van der Waals surface area contributed by atoms with Gasteiger partial charge in [-0.05, 0) is 40.6 Å². The van der Waals surface area contributed by atoms with Crippen LogP contribution < -0.4 is 4.74 Å². The van der Waals surface area contributed by atoms with Crippen LogP contribution in [-0.2, 0) is 6.61 Å². The van der Waals surface area contributed by atoms with E-state index < -0.39 is 36.6 Å². The number of ether oxygens (including phenoxy) is 1. The van der Waals surface area contributed by atoms with Crippen molar-refractivity contribution in [2.45, 2.75) is 31.6 Å². The highest BCUT2D eigenvalue weighted by molar-refractivity contribution is 5.99. The summed E-state index contributed by atoms with van der Waals surface area (Å²) in [6.07, 6.45) is -7.75. The highest BCUT2D eigenvalue weighted by Crippen LogP contribution is 2.34. The standard InChI is InChI=1S/C23H18F4N2O3/c24-20(25)19-12-23(31,22(26)27)29(28-19)21(30)16-7-5-14(6-8-16)13-32-18-10-9-15-3-1-2-4-17(15)11-18/h1-11,20,22,31H,12-13H2/t23-/m0/s1. The molecular weight excluding hydrogens is 428 g/mol. The number of alkyl halides is 4. The molecule has 1 amide bonds. The van der Waals surface area contributed by atoms with E-state index in [4.69, 9.17) is 4.74 Å². The summed E-state index contributed by atoms with van der Waals surface area (Å²) in [7, 11) is 0. The van der Waals surface area contributed by atoms with Crippen molar-refractivity contribution >= 4 is 22.4 Å². The lowest BCUT2D eigenvalue weighted by Crippen LogP contribution is -2.51. The van der Waals surface area contributed by atoms with E-state index in [9.17, 15) is 27.5 Å². The Labute approximate surface area is 180 Å². The van der Waals surface area contributed by atoms with Crippen molar-refractivity contribution in [2.75, 3.05) is 0 Å². The summed E-state index contributed by atoms with van der Waals surface area (Å²) in [5, 5.41) is 15.5. The zero-order valence-corrected chi connectivity index (χ0v) is 16.6. The zero-order valence-electron chi connectivity index (χ0n) is 16.6. The molecule has 1 N–H and O–H groups in total. The van der Waals surface area contributed by atoms with Crippen LogP contribution in [0.1, 0.15) is 22.3 Å². The maximum atomic E-state index is 13.3. The van der Waals surface area contributed by atoms with Gasteiger partial charge < -0.3 is 9.84 Å². The van der Waals surface area contributed by atoms with Crippen LogP contribution in [0.5, 0.6) is 5.75 Å². The molecule has 0 saturated carbocycles. The molecule has 0 bridgehead atoms. The van der Waals surface area contributed by atoms with Gasteiger partial charge in [0.2, 0.25) is 5.72 Å². The summed E-state index contributed by atoms with van der Waals surface area (Å²) in [5.74, 6) is -0.456. The lowest BCUT2D eigenvalue weighted by Gasteiger charge is -2.30. The maximum absolute atomic E-state index is 13.3. The molecule has 166 valence electrons. The van der Waals surface area contributed by atoms with Gasteiger partial charge in [0.25, 0.3) is 18.8 Å². The Bertz CT molecular complexity index is 1170. The van der Waals surface area contributed by atoms with Crippen LogP contribution in [0.15, 0.2) is 71.8 Å². The molecule has 3 aromatic rings. The summed E-state index contributed by atoms with van der Waals surface area (Å²) < 4.78 is 58.3. The molecule has 0 unspecified atom stereocenters. The molecule has 0 aromatic heterocycles. The topological polar surface area (TPSA) is 62.1 Å². The summed E-state index contributed by atoms with van der Waals surface area (Å²) in [6, 6.07) is 19.2. The Hall–Kier alpha value is -3.46. The van der Waals surface area contributed by atoms with Crippen LogP contribution in [0.25, 0.3) is 10.8 Å². The molecule has 1 aliphatic heterocycles. The molecule has 5 nitrogen and oxygen atoms in total. The molecule has 0 fully saturated rings. The number of benzene rings is 3. The first kappa shape index (κ1) is 21.8. The summed E-state index contributed by atoms with van der Waals surface area (Å²) in [4.78, 5) is 12.6. The Morgan fingerprint density at radius 1 is 1.03 bits per heavy atom. The monoisotopic (exact) mass is 446 g/mol. The molecule has 3 aromatic carbocycles. The number of halogens is 4. The summed E-state index contributed by atoms with van der Waals surface area (Å²) in [6.45, 7) is 0.186. The summed E-state index contributed by atoms with van der Waals surface area (Å²) >= 11 is 0. The Morgan fingerprint density at radius 2 is 1.72 bits per heavy atom. The predicted octanol–water partition coefficient (Wildman–Crippen LogP) is 4.84. The van der Waals surface area contributed by atoms with Gasteiger partial charge >= 0.3 is 0 Å². The van der Waals surface area contributed by atoms with E-state index in [1.54, 1.807) is 12.1 Å². The zero-order chi connectivity index (χ0) is 22.9. The SMILES string of the molecule is O=C(c1ccc(COc2ccc3ccccc3c2)cc1)N1N=C(C(F)F)C[C@]1(O)C(F)F. The molecule has 9 heteroatoms. The molecule has 1 aliphatic rings. The van der Waals surface area contributed by atoms with Gasteiger partial charge in [-0.2, -0.15) is 10.1 Å². The first-order valence-electron chi connectivity index (χ1n) is 9.69. The fourth-order valence-electron chi connectivity index (χ4n) is 3.39. The average Bonchev–Trinajstić information content (AvgIpc) is 3.17. The lowest BCUT2D eigenvalue weighted by molar-refractivity contribution is -0.164. The number of hydrazone groups is 1. The minimum absolute atomic E-state index is 0.0414. The number of nitrogens with zero attached hydrogens (tertiary/aromatic N) is 2. The quantitative estimate of drug-likeness (QED) is 0.552. The van der Waals surface area contributed by atoms with E-state index in [2.05, 4.69) is 5.10 Å². The number of hydrogen-bond acceptors (Lipinski definition) is 4. The molecule has 4 rings (SSSR count). The van der Waals surface area contributed by atoms with Crippen molar-refractivity contribution in [2.24, 2.45) is 5.10 Å². The second kappa shape index (κ2) is 8.58. The van der Waals surface area contributed by atoms with Crippen LogP contribution in [0.2, 0.25) is 0 Å². The van der Waals surface area contributed by atoms with Crippen molar-refractivity contribution in [3.63, 3.8) is 0 Å². The highest BCUT2D eigenvalue weighted by Gasteiger charge is 2.53. The normalized spacial score (nSPS) is 18.5. The van der Waals surface area contributed by atoms with E-state index >= 15 is 0 Å². The number of amides is 1. The lowest BCUT2D eigenvalue weighted by atomic mass is 10.1. The van der Waals surface area contributed by atoms with Crippen LogP contribution in [0, 0.1) is 0 Å². The minimum atomic E-state index is -3.47. The van der Waals surface area contributed by atoms with Gasteiger partial charge in [-0.1, -0.05) is 42.5 Å². The van der Waals surface area contributed by atoms with E-state index in [1.807, 2.05) is 42.5 Å². The van der Waals surface area contributed by atoms with Crippen LogP contribution >= 0.6 is 0 Å². The molecular formula is C23H18F4N2O3. The van der Waals surface area contributed by atoms with Crippen molar-refractivity contribution in [1.82, 2.24) is 5.01 Å². The molecule has 1 heterocycles. The molecule has 0 spiro atoms. The van der Waals surface area contributed by atoms with Crippen LogP contribution in [0.3, 0.4) is 0 Å². The van der Waals surface area contributed by atoms with E-state index in [0.29, 0.717) is 11.3 Å². The maximum Gasteiger partial charge on any atom is 0.287 e. The Balaban J connectivity index is 1.47. The molecule has 0 aliphatic carbocycles. The molecule has 0 radical (unpaired) electrons. The average molecular weight is 446 g/mol. The predicted molar refractivity (Wildman–Crippen MR) is 110 cm³/mol. The number of aliphatic hydroxyl groups is 1. The van der Waals surface area contributed by atoms with Crippen molar-refractivity contribution in [3.05, 3.63) is 77.9 Å². The van der Waals surface area contributed by atoms with Crippen LogP contribution in [-0.4, -0.2) is 40.3 Å². The van der Waals surface area contributed by atoms with E-state index in [1.165, 1.54) is 12.1 Å². The van der Waals surface area contributed by atoms with Gasteiger partial charge in [-0.3, -0.25) is 4.79 Å². The Morgan fingerprint density at radius 3 is 2.38 bits per heavy atom. The second-order valence-corrected chi connectivity index (χ2v) is 7.36. The third kappa shape index (κ3) is 4.16. The van der Waals surface area contributed by atoms with Crippen LogP contribution in [0.4, 0.5) is 17.6 Å². The van der Waals surface area contributed by atoms with Gasteiger partial charge in [0, 0.05) is 12.0 Å². The molecule has 32 heavy (non-hydrogen) atoms. The van der Waals surface area contributed by atoms with E-state index in [0.717, 1.165) is 10.8 Å². The first-order valence-corrected chi connectivity index (χ1v) is 9.69. The van der Waals surface area contributed by atoms with Gasteiger partial charge in [-0.15, -0.1) is 0 Å². The molecule has 0 saturated heterocycles. The largest absolute Gasteiger partial charge is 0.489 e. The van der Waals surface area contributed by atoms with Gasteiger partial charge in [0.15, 0.2) is 0 Å². The second-order valence-electron chi connectivity index (χ2n) is 7.36. The minimum Gasteiger partial charge on any atom is -0.489 e. The van der Waals surface area contributed by atoms with Gasteiger partial charge in [0.05, 0.1) is 0 Å². The third-order valence-corrected chi connectivity index (χ3v) is 5.16. The molecule has 1 atom stereocenters.